The molecule has 0 unspecified atom stereocenters. The molecule has 0 atom stereocenters. The summed E-state index contributed by atoms with van der Waals surface area (Å²) >= 11 is 5.98. The van der Waals surface area contributed by atoms with Crippen LogP contribution in [-0.4, -0.2) is 32.1 Å². The van der Waals surface area contributed by atoms with Gasteiger partial charge in [0.1, 0.15) is 0 Å². The Morgan fingerprint density at radius 3 is 2.68 bits per heavy atom. The number of carbonyl (C=O) groups excluding carboxylic acids is 1. The first-order valence-electron chi connectivity index (χ1n) is 7.68. The number of benzene rings is 1. The maximum Gasteiger partial charge on any atom is 0.232 e. The average Bonchev–Trinajstić information content (AvgIpc) is 2.56. The summed E-state index contributed by atoms with van der Waals surface area (Å²) in [5.74, 6) is -0.251. The SMILES string of the molecule is Cc1ccc(Cl)cc1N(CCC(=O)NCc1ccccn1)S(C)(=O)=O. The van der Waals surface area contributed by atoms with Crippen LogP contribution in [0.15, 0.2) is 42.6 Å². The molecule has 0 fully saturated rings. The Hall–Kier alpha value is -2.12. The van der Waals surface area contributed by atoms with E-state index in [2.05, 4.69) is 10.3 Å². The third-order valence-corrected chi connectivity index (χ3v) is 4.99. The zero-order chi connectivity index (χ0) is 18.4. The van der Waals surface area contributed by atoms with Crippen LogP contribution < -0.4 is 9.62 Å². The second-order valence-corrected chi connectivity index (χ2v) is 7.96. The zero-order valence-electron chi connectivity index (χ0n) is 14.1. The van der Waals surface area contributed by atoms with Crippen molar-refractivity contribution >= 4 is 33.2 Å². The third-order valence-electron chi connectivity index (χ3n) is 3.57. The predicted octanol–water partition coefficient (Wildman–Crippen LogP) is 2.52. The summed E-state index contributed by atoms with van der Waals surface area (Å²) in [7, 11) is -3.54. The first-order valence-corrected chi connectivity index (χ1v) is 9.90. The molecule has 1 amide bonds. The predicted molar refractivity (Wildman–Crippen MR) is 99.1 cm³/mol. The van der Waals surface area contributed by atoms with E-state index in [1.54, 1.807) is 43.5 Å². The van der Waals surface area contributed by atoms with E-state index in [0.717, 1.165) is 17.5 Å². The fourth-order valence-electron chi connectivity index (χ4n) is 2.30. The van der Waals surface area contributed by atoms with Crippen LogP contribution in [0.2, 0.25) is 5.02 Å². The molecule has 0 aliphatic heterocycles. The van der Waals surface area contributed by atoms with Crippen LogP contribution in [0, 0.1) is 6.92 Å². The van der Waals surface area contributed by atoms with Crippen molar-refractivity contribution < 1.29 is 13.2 Å². The molecule has 0 bridgehead atoms. The van der Waals surface area contributed by atoms with Crippen LogP contribution >= 0.6 is 11.6 Å². The van der Waals surface area contributed by atoms with Crippen LogP contribution in [0.1, 0.15) is 17.7 Å². The van der Waals surface area contributed by atoms with Gasteiger partial charge in [0.05, 0.1) is 24.2 Å². The van der Waals surface area contributed by atoms with Gasteiger partial charge in [-0.05, 0) is 36.8 Å². The lowest BCUT2D eigenvalue weighted by Gasteiger charge is -2.24. The minimum Gasteiger partial charge on any atom is -0.350 e. The topological polar surface area (TPSA) is 79.4 Å². The Bertz CT molecular complexity index is 841. The number of nitrogens with one attached hydrogen (secondary N) is 1. The highest BCUT2D eigenvalue weighted by Gasteiger charge is 2.20. The summed E-state index contributed by atoms with van der Waals surface area (Å²) in [6.07, 6.45) is 2.79. The Balaban J connectivity index is 2.03. The van der Waals surface area contributed by atoms with Crippen LogP contribution in [0.25, 0.3) is 0 Å². The van der Waals surface area contributed by atoms with Crippen molar-refractivity contribution in [2.45, 2.75) is 19.9 Å². The number of pyridine rings is 1. The minimum absolute atomic E-state index is 0.0336. The van der Waals surface area contributed by atoms with Crippen molar-refractivity contribution in [3.8, 4) is 0 Å². The second kappa shape index (κ2) is 8.31. The van der Waals surface area contributed by atoms with Crippen LogP contribution in [0.3, 0.4) is 0 Å². The molecule has 0 saturated carbocycles. The molecule has 0 aliphatic rings. The number of anilines is 1. The van der Waals surface area contributed by atoms with E-state index in [1.165, 1.54) is 4.31 Å². The van der Waals surface area contributed by atoms with Gasteiger partial charge in [0.25, 0.3) is 0 Å². The molecule has 0 spiro atoms. The number of carbonyl (C=O) groups is 1. The molecule has 8 heteroatoms. The van der Waals surface area contributed by atoms with Crippen molar-refractivity contribution in [1.82, 2.24) is 10.3 Å². The van der Waals surface area contributed by atoms with Crippen molar-refractivity contribution in [2.24, 2.45) is 0 Å². The third kappa shape index (κ3) is 5.72. The van der Waals surface area contributed by atoms with Crippen LogP contribution in [-0.2, 0) is 21.4 Å². The molecule has 1 aromatic carbocycles. The van der Waals surface area contributed by atoms with E-state index in [1.807, 2.05) is 6.07 Å². The number of nitrogens with zero attached hydrogens (tertiary/aromatic N) is 2. The van der Waals surface area contributed by atoms with Crippen molar-refractivity contribution in [2.75, 3.05) is 17.1 Å². The van der Waals surface area contributed by atoms with Gasteiger partial charge >= 0.3 is 0 Å². The minimum atomic E-state index is -3.54. The number of aromatic nitrogens is 1. The number of hydrogen-bond donors (Lipinski definition) is 1. The van der Waals surface area contributed by atoms with Gasteiger partial charge in [0.2, 0.25) is 15.9 Å². The molecule has 2 aromatic rings. The molecule has 0 saturated heterocycles. The highest BCUT2D eigenvalue weighted by Crippen LogP contribution is 2.26. The maximum absolute atomic E-state index is 12.1. The molecule has 0 aliphatic carbocycles. The lowest BCUT2D eigenvalue weighted by atomic mass is 10.2. The van der Waals surface area contributed by atoms with Crippen molar-refractivity contribution in [3.05, 3.63) is 58.9 Å². The van der Waals surface area contributed by atoms with Gasteiger partial charge in [-0.25, -0.2) is 8.42 Å². The van der Waals surface area contributed by atoms with Gasteiger partial charge in [0.15, 0.2) is 0 Å². The summed E-state index contributed by atoms with van der Waals surface area (Å²) in [5, 5.41) is 3.17. The van der Waals surface area contributed by atoms with E-state index < -0.39 is 10.0 Å². The quantitative estimate of drug-likeness (QED) is 0.799. The summed E-state index contributed by atoms with van der Waals surface area (Å²) in [6.45, 7) is 2.13. The number of sulfonamides is 1. The number of aryl methyl sites for hydroxylation is 1. The fraction of sp³-hybridized carbons (Fsp3) is 0.294. The molecule has 1 aromatic heterocycles. The van der Waals surface area contributed by atoms with Crippen molar-refractivity contribution in [3.63, 3.8) is 0 Å². The Labute approximate surface area is 152 Å². The average molecular weight is 382 g/mol. The van der Waals surface area contributed by atoms with E-state index in [-0.39, 0.29) is 18.9 Å². The van der Waals surface area contributed by atoms with E-state index in [4.69, 9.17) is 11.6 Å². The van der Waals surface area contributed by atoms with Gasteiger partial charge < -0.3 is 5.32 Å². The number of amides is 1. The zero-order valence-corrected chi connectivity index (χ0v) is 15.6. The highest BCUT2D eigenvalue weighted by molar-refractivity contribution is 7.92. The Morgan fingerprint density at radius 1 is 1.28 bits per heavy atom. The number of rotatable bonds is 7. The molecule has 1 heterocycles. The first kappa shape index (κ1) is 19.2. The van der Waals surface area contributed by atoms with Gasteiger partial charge in [-0.1, -0.05) is 23.7 Å². The smallest absolute Gasteiger partial charge is 0.232 e. The highest BCUT2D eigenvalue weighted by atomic mass is 35.5. The Kier molecular flexibility index (Phi) is 6.39. The normalized spacial score (nSPS) is 11.2. The summed E-state index contributed by atoms with van der Waals surface area (Å²) in [6, 6.07) is 10.5. The monoisotopic (exact) mass is 381 g/mol. The van der Waals surface area contributed by atoms with Gasteiger partial charge in [-0.2, -0.15) is 0 Å². The molecule has 134 valence electrons. The van der Waals surface area contributed by atoms with E-state index in [0.29, 0.717) is 17.3 Å². The number of halogens is 1. The lowest BCUT2D eigenvalue weighted by molar-refractivity contribution is -0.121. The second-order valence-electron chi connectivity index (χ2n) is 5.61. The van der Waals surface area contributed by atoms with Crippen LogP contribution in [0.5, 0.6) is 0 Å². The fourth-order valence-corrected chi connectivity index (χ4v) is 3.44. The summed E-state index contributed by atoms with van der Waals surface area (Å²) in [5.41, 5.74) is 1.98. The van der Waals surface area contributed by atoms with E-state index in [9.17, 15) is 13.2 Å². The molecule has 25 heavy (non-hydrogen) atoms. The summed E-state index contributed by atoms with van der Waals surface area (Å²) in [4.78, 5) is 16.2. The Morgan fingerprint density at radius 2 is 2.04 bits per heavy atom. The maximum atomic E-state index is 12.1. The van der Waals surface area contributed by atoms with Crippen LogP contribution in [0.4, 0.5) is 5.69 Å². The molecule has 6 nitrogen and oxygen atoms in total. The number of hydrogen-bond acceptors (Lipinski definition) is 4. The first-order chi connectivity index (χ1) is 11.8. The molecule has 2 rings (SSSR count). The molecular formula is C17H20ClN3O3S. The van der Waals surface area contributed by atoms with E-state index >= 15 is 0 Å². The van der Waals surface area contributed by atoms with Gasteiger partial charge in [-0.15, -0.1) is 0 Å². The largest absolute Gasteiger partial charge is 0.350 e. The van der Waals surface area contributed by atoms with Crippen molar-refractivity contribution in [1.29, 1.82) is 0 Å². The molecule has 0 radical (unpaired) electrons. The standard InChI is InChI=1S/C17H20ClN3O3S/c1-13-6-7-14(18)11-16(13)21(25(2,23)24)10-8-17(22)20-12-15-5-3-4-9-19-15/h3-7,9,11H,8,10,12H2,1-2H3,(H,20,22). The molecular weight excluding hydrogens is 362 g/mol. The summed E-state index contributed by atoms with van der Waals surface area (Å²) < 4.78 is 25.5. The van der Waals surface area contributed by atoms with Gasteiger partial charge in [0, 0.05) is 24.2 Å². The lowest BCUT2D eigenvalue weighted by Crippen LogP contribution is -2.35. The van der Waals surface area contributed by atoms with Gasteiger partial charge in [-0.3, -0.25) is 14.1 Å². The molecule has 1 N–H and O–H groups in total.